The van der Waals surface area contributed by atoms with E-state index in [1.54, 1.807) is 24.3 Å². The number of anilines is 1. The number of carbonyl (C=O) groups is 3. The van der Waals surface area contributed by atoms with E-state index in [1.807, 2.05) is 47.4 Å². The fraction of sp³-hybridized carbons (Fsp3) is 0.179. The van der Waals surface area contributed by atoms with Gasteiger partial charge in [0.05, 0.1) is 12.1 Å². The topological polar surface area (TPSA) is 69.7 Å². The molecule has 3 amide bonds. The molecule has 0 unspecified atom stereocenters. The van der Waals surface area contributed by atoms with E-state index in [4.69, 9.17) is 0 Å². The van der Waals surface area contributed by atoms with Crippen molar-refractivity contribution >= 4 is 29.0 Å². The number of hydrogen-bond acceptors (Lipinski definition) is 4. The Kier molecular flexibility index (Phi) is 5.72. The van der Waals surface area contributed by atoms with Gasteiger partial charge >= 0.3 is 0 Å². The van der Waals surface area contributed by atoms with Crippen LogP contribution in [0.2, 0.25) is 0 Å². The SMILES string of the molecule is CC(=O)Nc1ccc(C2=C(N3CCc4ccccc4C3)C(=O)N(Cc3ccccc3)C2=O)cc1. The highest BCUT2D eigenvalue weighted by Crippen LogP contribution is 2.35. The zero-order valence-corrected chi connectivity index (χ0v) is 19.0. The predicted octanol–water partition coefficient (Wildman–Crippen LogP) is 3.98. The lowest BCUT2D eigenvalue weighted by Gasteiger charge is -2.31. The monoisotopic (exact) mass is 451 g/mol. The maximum Gasteiger partial charge on any atom is 0.278 e. The molecule has 2 heterocycles. The van der Waals surface area contributed by atoms with Crippen molar-refractivity contribution in [1.82, 2.24) is 9.80 Å². The second-order valence-electron chi connectivity index (χ2n) is 8.60. The van der Waals surface area contributed by atoms with E-state index in [9.17, 15) is 14.4 Å². The normalized spacial score (nSPS) is 15.6. The van der Waals surface area contributed by atoms with Gasteiger partial charge in [-0.1, -0.05) is 66.7 Å². The molecule has 2 aliphatic heterocycles. The molecule has 0 spiro atoms. The molecule has 0 bridgehead atoms. The van der Waals surface area contributed by atoms with E-state index in [-0.39, 0.29) is 24.3 Å². The van der Waals surface area contributed by atoms with E-state index in [1.165, 1.54) is 23.0 Å². The van der Waals surface area contributed by atoms with Crippen LogP contribution < -0.4 is 5.32 Å². The minimum absolute atomic E-state index is 0.166. The number of fused-ring (bicyclic) bond motifs is 1. The second kappa shape index (κ2) is 8.98. The van der Waals surface area contributed by atoms with Crippen LogP contribution in [0.15, 0.2) is 84.6 Å². The number of nitrogens with zero attached hydrogens (tertiary/aromatic N) is 2. The Morgan fingerprint density at radius 1 is 0.853 bits per heavy atom. The average molecular weight is 452 g/mol. The van der Waals surface area contributed by atoms with Crippen LogP contribution in [-0.2, 0) is 33.9 Å². The standard InChI is InChI=1S/C28H25N3O3/c1-19(32)29-24-13-11-22(12-14-24)25-26(30-16-15-21-9-5-6-10-23(21)18-30)28(34)31(27(25)33)17-20-7-3-2-4-8-20/h2-14H,15-18H2,1H3,(H,29,32). The number of hydrogen-bond donors (Lipinski definition) is 1. The molecule has 0 saturated heterocycles. The highest BCUT2D eigenvalue weighted by Gasteiger charge is 2.42. The van der Waals surface area contributed by atoms with Crippen LogP contribution in [0.4, 0.5) is 5.69 Å². The van der Waals surface area contributed by atoms with Crippen molar-refractivity contribution in [3.63, 3.8) is 0 Å². The number of rotatable bonds is 5. The summed E-state index contributed by atoms with van der Waals surface area (Å²) in [4.78, 5) is 42.1. The molecule has 0 aliphatic carbocycles. The summed E-state index contributed by atoms with van der Waals surface area (Å²) in [5, 5.41) is 2.74. The third-order valence-electron chi connectivity index (χ3n) is 6.27. The lowest BCUT2D eigenvalue weighted by molar-refractivity contribution is -0.138. The average Bonchev–Trinajstić information content (AvgIpc) is 3.09. The number of carbonyl (C=O) groups excluding carboxylic acids is 3. The maximum absolute atomic E-state index is 13.7. The molecule has 0 aromatic heterocycles. The van der Waals surface area contributed by atoms with Gasteiger partial charge in [0, 0.05) is 25.7 Å². The summed E-state index contributed by atoms with van der Waals surface area (Å²) < 4.78 is 0. The number of nitrogens with one attached hydrogen (secondary N) is 1. The van der Waals surface area contributed by atoms with Crippen LogP contribution >= 0.6 is 0 Å². The zero-order chi connectivity index (χ0) is 23.7. The molecular weight excluding hydrogens is 426 g/mol. The summed E-state index contributed by atoms with van der Waals surface area (Å²) in [6.07, 6.45) is 0.814. The van der Waals surface area contributed by atoms with Gasteiger partial charge in [-0.05, 0) is 40.8 Å². The van der Waals surface area contributed by atoms with Crippen molar-refractivity contribution in [3.05, 3.63) is 107 Å². The van der Waals surface area contributed by atoms with E-state index in [0.29, 0.717) is 35.6 Å². The summed E-state index contributed by atoms with van der Waals surface area (Å²) in [6, 6.07) is 24.8. The summed E-state index contributed by atoms with van der Waals surface area (Å²) in [7, 11) is 0. The molecule has 5 rings (SSSR count). The van der Waals surface area contributed by atoms with Crippen molar-refractivity contribution in [2.75, 3.05) is 11.9 Å². The van der Waals surface area contributed by atoms with Gasteiger partial charge in [-0.3, -0.25) is 19.3 Å². The minimum atomic E-state index is -0.296. The third kappa shape index (κ3) is 4.10. The first kappa shape index (κ1) is 21.6. The van der Waals surface area contributed by atoms with Gasteiger partial charge in [0.1, 0.15) is 5.70 Å². The fourth-order valence-electron chi connectivity index (χ4n) is 4.64. The van der Waals surface area contributed by atoms with Gasteiger partial charge in [-0.25, -0.2) is 0 Å². The van der Waals surface area contributed by atoms with Gasteiger partial charge < -0.3 is 10.2 Å². The highest BCUT2D eigenvalue weighted by atomic mass is 16.2. The molecule has 2 aliphatic rings. The number of benzene rings is 3. The summed E-state index contributed by atoms with van der Waals surface area (Å²) in [6.45, 7) is 2.92. The Morgan fingerprint density at radius 2 is 1.53 bits per heavy atom. The first-order chi connectivity index (χ1) is 16.5. The smallest absolute Gasteiger partial charge is 0.278 e. The Hall–Kier alpha value is -4.19. The molecule has 0 saturated carbocycles. The van der Waals surface area contributed by atoms with E-state index in [2.05, 4.69) is 17.4 Å². The van der Waals surface area contributed by atoms with Gasteiger partial charge in [-0.2, -0.15) is 0 Å². The first-order valence-electron chi connectivity index (χ1n) is 11.4. The van der Waals surface area contributed by atoms with Crippen LogP contribution in [0.3, 0.4) is 0 Å². The van der Waals surface area contributed by atoms with Gasteiger partial charge in [0.2, 0.25) is 5.91 Å². The number of amides is 3. The van der Waals surface area contributed by atoms with Crippen LogP contribution in [0, 0.1) is 0 Å². The highest BCUT2D eigenvalue weighted by molar-refractivity contribution is 6.35. The van der Waals surface area contributed by atoms with Crippen molar-refractivity contribution in [3.8, 4) is 0 Å². The van der Waals surface area contributed by atoms with Gasteiger partial charge in [-0.15, -0.1) is 0 Å². The second-order valence-corrected chi connectivity index (χ2v) is 8.60. The van der Waals surface area contributed by atoms with E-state index in [0.717, 1.165) is 12.0 Å². The molecule has 3 aromatic rings. The maximum atomic E-state index is 13.7. The summed E-state index contributed by atoms with van der Waals surface area (Å²) in [5.74, 6) is -0.732. The Bertz CT molecular complexity index is 1300. The predicted molar refractivity (Wildman–Crippen MR) is 130 cm³/mol. The Morgan fingerprint density at radius 3 is 2.24 bits per heavy atom. The molecule has 0 fully saturated rings. The minimum Gasteiger partial charge on any atom is -0.362 e. The van der Waals surface area contributed by atoms with Crippen molar-refractivity contribution in [1.29, 1.82) is 0 Å². The fourth-order valence-corrected chi connectivity index (χ4v) is 4.64. The van der Waals surface area contributed by atoms with Crippen LogP contribution in [0.1, 0.15) is 29.2 Å². The molecule has 0 atom stereocenters. The Balaban J connectivity index is 1.54. The molecule has 1 N–H and O–H groups in total. The molecule has 6 heteroatoms. The van der Waals surface area contributed by atoms with Gasteiger partial charge in [0.25, 0.3) is 11.8 Å². The Labute approximate surface area is 198 Å². The van der Waals surface area contributed by atoms with Crippen molar-refractivity contribution in [2.45, 2.75) is 26.4 Å². The molecule has 34 heavy (non-hydrogen) atoms. The molecule has 0 radical (unpaired) electrons. The quantitative estimate of drug-likeness (QED) is 0.596. The van der Waals surface area contributed by atoms with E-state index >= 15 is 0 Å². The molecule has 6 nitrogen and oxygen atoms in total. The zero-order valence-electron chi connectivity index (χ0n) is 19.0. The molecule has 170 valence electrons. The van der Waals surface area contributed by atoms with Crippen LogP contribution in [-0.4, -0.2) is 34.1 Å². The molecular formula is C28H25N3O3. The van der Waals surface area contributed by atoms with Crippen LogP contribution in [0.5, 0.6) is 0 Å². The first-order valence-corrected chi connectivity index (χ1v) is 11.4. The number of imide groups is 1. The summed E-state index contributed by atoms with van der Waals surface area (Å²) in [5.41, 5.74) is 5.51. The largest absolute Gasteiger partial charge is 0.362 e. The lowest BCUT2D eigenvalue weighted by Crippen LogP contribution is -2.37. The van der Waals surface area contributed by atoms with Crippen molar-refractivity contribution in [2.24, 2.45) is 0 Å². The van der Waals surface area contributed by atoms with Crippen LogP contribution in [0.25, 0.3) is 5.57 Å². The lowest BCUT2D eigenvalue weighted by atomic mass is 9.97. The van der Waals surface area contributed by atoms with Gasteiger partial charge in [0.15, 0.2) is 0 Å². The van der Waals surface area contributed by atoms with E-state index < -0.39 is 0 Å². The summed E-state index contributed by atoms with van der Waals surface area (Å²) >= 11 is 0. The van der Waals surface area contributed by atoms with Crippen molar-refractivity contribution < 1.29 is 14.4 Å². The third-order valence-corrected chi connectivity index (χ3v) is 6.27. The molecule has 3 aromatic carbocycles.